The summed E-state index contributed by atoms with van der Waals surface area (Å²) >= 11 is 0. The minimum absolute atomic E-state index is 0.0212. The summed E-state index contributed by atoms with van der Waals surface area (Å²) in [7, 11) is 0. The van der Waals surface area contributed by atoms with Gasteiger partial charge >= 0.3 is 0 Å². The highest BCUT2D eigenvalue weighted by Crippen LogP contribution is 2.09. The molecule has 0 aliphatic rings. The van der Waals surface area contributed by atoms with Gasteiger partial charge in [-0.25, -0.2) is 0 Å². The van der Waals surface area contributed by atoms with Gasteiger partial charge in [0.25, 0.3) is 0 Å². The number of benzene rings is 2. The van der Waals surface area contributed by atoms with E-state index in [-0.39, 0.29) is 18.4 Å². The van der Waals surface area contributed by atoms with Gasteiger partial charge in [-0.3, -0.25) is 4.79 Å². The van der Waals surface area contributed by atoms with E-state index in [1.54, 1.807) is 0 Å². The summed E-state index contributed by atoms with van der Waals surface area (Å²) in [6, 6.07) is 18.8. The number of rotatable bonds is 7. The van der Waals surface area contributed by atoms with E-state index in [4.69, 9.17) is 5.11 Å². The van der Waals surface area contributed by atoms with E-state index in [0.29, 0.717) is 18.5 Å². The molecule has 0 aliphatic heterocycles. The summed E-state index contributed by atoms with van der Waals surface area (Å²) in [6.07, 6.45) is 0.620. The molecule has 0 fully saturated rings. The summed E-state index contributed by atoms with van der Waals surface area (Å²) in [5.41, 5.74) is 1.80. The fraction of sp³-hybridized carbons (Fsp3) is 0.235. The number of hydrogen-bond acceptors (Lipinski definition) is 3. The van der Waals surface area contributed by atoms with E-state index in [1.807, 2.05) is 60.7 Å². The highest BCUT2D eigenvalue weighted by Gasteiger charge is 2.19. The molecule has 0 saturated carbocycles. The quantitative estimate of drug-likeness (QED) is 0.756. The Bertz CT molecular complexity index is 525. The zero-order chi connectivity index (χ0) is 14.2. The van der Waals surface area contributed by atoms with Crippen molar-refractivity contribution < 1.29 is 9.90 Å². The van der Waals surface area contributed by atoms with Crippen molar-refractivity contribution in [3.05, 3.63) is 71.8 Å². The molecule has 2 aromatic rings. The van der Waals surface area contributed by atoms with Crippen molar-refractivity contribution in [2.75, 3.05) is 13.2 Å². The van der Waals surface area contributed by atoms with Crippen LogP contribution in [0.1, 0.15) is 15.9 Å². The van der Waals surface area contributed by atoms with E-state index >= 15 is 0 Å². The monoisotopic (exact) mass is 269 g/mol. The van der Waals surface area contributed by atoms with Crippen molar-refractivity contribution in [1.82, 2.24) is 5.32 Å². The topological polar surface area (TPSA) is 49.3 Å². The number of carbonyl (C=O) groups is 1. The molecule has 20 heavy (non-hydrogen) atoms. The Morgan fingerprint density at radius 3 is 2.20 bits per heavy atom. The molecular weight excluding hydrogens is 250 g/mol. The normalized spacial score (nSPS) is 12.1. The van der Waals surface area contributed by atoms with Crippen molar-refractivity contribution in [1.29, 1.82) is 0 Å². The molecule has 0 aliphatic carbocycles. The number of nitrogens with one attached hydrogen (secondary N) is 1. The first kappa shape index (κ1) is 14.4. The molecule has 0 amide bonds. The van der Waals surface area contributed by atoms with Gasteiger partial charge in [0.05, 0.1) is 12.6 Å². The van der Waals surface area contributed by atoms with Crippen LogP contribution in [0.5, 0.6) is 0 Å². The zero-order valence-electron chi connectivity index (χ0n) is 11.3. The second-order valence-electron chi connectivity index (χ2n) is 4.65. The maximum Gasteiger partial charge on any atom is 0.180 e. The average Bonchev–Trinajstić information content (AvgIpc) is 2.52. The molecule has 0 unspecified atom stereocenters. The predicted molar refractivity (Wildman–Crippen MR) is 79.8 cm³/mol. The Morgan fingerprint density at radius 1 is 1.00 bits per heavy atom. The summed E-state index contributed by atoms with van der Waals surface area (Å²) < 4.78 is 0. The third-order valence-electron chi connectivity index (χ3n) is 3.16. The average molecular weight is 269 g/mol. The van der Waals surface area contributed by atoms with Crippen LogP contribution in [-0.4, -0.2) is 30.1 Å². The van der Waals surface area contributed by atoms with Crippen molar-refractivity contribution in [3.8, 4) is 0 Å². The van der Waals surface area contributed by atoms with Crippen molar-refractivity contribution >= 4 is 5.78 Å². The summed E-state index contributed by atoms with van der Waals surface area (Å²) in [4.78, 5) is 12.5. The maximum atomic E-state index is 12.5. The molecule has 104 valence electrons. The smallest absolute Gasteiger partial charge is 0.180 e. The maximum absolute atomic E-state index is 12.5. The first-order valence-electron chi connectivity index (χ1n) is 6.78. The molecule has 2 rings (SSSR count). The highest BCUT2D eigenvalue weighted by atomic mass is 16.3. The number of Topliss-reactive ketones (excluding diaryl/α,β-unsaturated/α-hetero) is 1. The summed E-state index contributed by atoms with van der Waals surface area (Å²) in [5, 5.41) is 12.1. The van der Waals surface area contributed by atoms with Crippen LogP contribution < -0.4 is 5.32 Å². The molecule has 0 bridgehead atoms. The zero-order valence-corrected chi connectivity index (χ0v) is 11.3. The van der Waals surface area contributed by atoms with Gasteiger partial charge in [-0.2, -0.15) is 0 Å². The molecule has 3 heteroatoms. The van der Waals surface area contributed by atoms with E-state index < -0.39 is 0 Å². The van der Waals surface area contributed by atoms with Crippen LogP contribution in [-0.2, 0) is 6.42 Å². The predicted octanol–water partition coefficient (Wildman–Crippen LogP) is 2.06. The molecular formula is C17H19NO2. The van der Waals surface area contributed by atoms with Crippen LogP contribution in [0, 0.1) is 0 Å². The number of aliphatic hydroxyl groups excluding tert-OH is 1. The van der Waals surface area contributed by atoms with E-state index in [2.05, 4.69) is 5.32 Å². The van der Waals surface area contributed by atoms with Crippen molar-refractivity contribution in [3.63, 3.8) is 0 Å². The second kappa shape index (κ2) is 7.58. The lowest BCUT2D eigenvalue weighted by Gasteiger charge is -2.17. The molecule has 2 N–H and O–H groups in total. The largest absolute Gasteiger partial charge is 0.395 e. The van der Waals surface area contributed by atoms with Gasteiger partial charge in [0, 0.05) is 12.1 Å². The van der Waals surface area contributed by atoms with Gasteiger partial charge in [-0.1, -0.05) is 60.7 Å². The van der Waals surface area contributed by atoms with Gasteiger partial charge in [-0.05, 0) is 12.0 Å². The van der Waals surface area contributed by atoms with Crippen LogP contribution in [0.3, 0.4) is 0 Å². The van der Waals surface area contributed by atoms with Gasteiger partial charge in [0.2, 0.25) is 0 Å². The third-order valence-corrected chi connectivity index (χ3v) is 3.16. The Kier molecular flexibility index (Phi) is 5.47. The van der Waals surface area contributed by atoms with Crippen LogP contribution in [0.2, 0.25) is 0 Å². The van der Waals surface area contributed by atoms with Gasteiger partial charge < -0.3 is 10.4 Å². The molecule has 0 saturated heterocycles. The standard InChI is InChI=1S/C17H19NO2/c19-12-11-18-16(13-14-7-3-1-4-8-14)17(20)15-9-5-2-6-10-15/h1-10,16,18-19H,11-13H2/t16-/m0/s1. The summed E-state index contributed by atoms with van der Waals surface area (Å²) in [6.45, 7) is 0.434. The Labute approximate surface area is 119 Å². The van der Waals surface area contributed by atoms with Crippen molar-refractivity contribution in [2.45, 2.75) is 12.5 Å². The Balaban J connectivity index is 2.13. The minimum Gasteiger partial charge on any atom is -0.395 e. The first-order valence-corrected chi connectivity index (χ1v) is 6.78. The SMILES string of the molecule is O=C(c1ccccc1)[C@H](Cc1ccccc1)NCCO. The summed E-state index contributed by atoms with van der Waals surface area (Å²) in [5.74, 6) is 0.0582. The Morgan fingerprint density at radius 2 is 1.60 bits per heavy atom. The number of ketones is 1. The lowest BCUT2D eigenvalue weighted by molar-refractivity contribution is 0.0939. The Hall–Kier alpha value is -1.97. The van der Waals surface area contributed by atoms with Gasteiger partial charge in [0.1, 0.15) is 0 Å². The molecule has 0 heterocycles. The van der Waals surface area contributed by atoms with E-state index in [1.165, 1.54) is 0 Å². The van der Waals surface area contributed by atoms with Gasteiger partial charge in [0.15, 0.2) is 5.78 Å². The molecule has 3 nitrogen and oxygen atoms in total. The molecule has 0 radical (unpaired) electrons. The number of aliphatic hydroxyl groups is 1. The lowest BCUT2D eigenvalue weighted by Crippen LogP contribution is -2.40. The second-order valence-corrected chi connectivity index (χ2v) is 4.65. The molecule has 2 aromatic carbocycles. The fourth-order valence-electron chi connectivity index (χ4n) is 2.15. The minimum atomic E-state index is -0.313. The van der Waals surface area contributed by atoms with Crippen LogP contribution in [0.25, 0.3) is 0 Å². The van der Waals surface area contributed by atoms with Crippen LogP contribution in [0.4, 0.5) is 0 Å². The number of hydrogen-bond donors (Lipinski definition) is 2. The van der Waals surface area contributed by atoms with Crippen LogP contribution in [0.15, 0.2) is 60.7 Å². The number of carbonyl (C=O) groups excluding carboxylic acids is 1. The third kappa shape index (κ3) is 4.02. The van der Waals surface area contributed by atoms with Crippen LogP contribution >= 0.6 is 0 Å². The lowest BCUT2D eigenvalue weighted by atomic mass is 9.97. The molecule has 0 aromatic heterocycles. The molecule has 1 atom stereocenters. The molecule has 0 spiro atoms. The highest BCUT2D eigenvalue weighted by molar-refractivity contribution is 6.00. The first-order chi connectivity index (χ1) is 9.81. The van der Waals surface area contributed by atoms with Crippen molar-refractivity contribution in [2.24, 2.45) is 0 Å². The van der Waals surface area contributed by atoms with Gasteiger partial charge in [-0.15, -0.1) is 0 Å². The van der Waals surface area contributed by atoms with E-state index in [0.717, 1.165) is 5.56 Å². The fourth-order valence-corrected chi connectivity index (χ4v) is 2.15. The van der Waals surface area contributed by atoms with E-state index in [9.17, 15) is 4.79 Å².